The maximum Gasteiger partial charge on any atom is 0.236 e. The minimum atomic E-state index is -0.213. The summed E-state index contributed by atoms with van der Waals surface area (Å²) in [6.07, 6.45) is 0. The molecule has 0 saturated carbocycles. The van der Waals surface area contributed by atoms with Crippen molar-refractivity contribution < 1.29 is 9.53 Å². The van der Waals surface area contributed by atoms with Crippen LogP contribution in [-0.4, -0.2) is 26.1 Å². The summed E-state index contributed by atoms with van der Waals surface area (Å²) in [7, 11) is 3.27. The van der Waals surface area contributed by atoms with Crippen LogP contribution in [0.15, 0.2) is 24.3 Å². The van der Waals surface area contributed by atoms with E-state index in [1.54, 1.807) is 14.2 Å². The molecule has 1 amide bonds. The Hall–Kier alpha value is -1.26. The van der Waals surface area contributed by atoms with Gasteiger partial charge in [-0.25, -0.2) is 0 Å². The molecule has 96 valence electrons. The van der Waals surface area contributed by atoms with Crippen LogP contribution in [0, 0.1) is 0 Å². The van der Waals surface area contributed by atoms with Gasteiger partial charge in [-0.1, -0.05) is 18.2 Å². The highest BCUT2D eigenvalue weighted by molar-refractivity contribution is 5.85. The molecular formula is C12H19ClN2O2. The summed E-state index contributed by atoms with van der Waals surface area (Å²) in [5.74, 6) is 0.814. The van der Waals surface area contributed by atoms with E-state index in [9.17, 15) is 4.79 Å². The number of para-hydroxylation sites is 1. The molecule has 2 N–H and O–H groups in total. The molecule has 0 fully saturated rings. The van der Waals surface area contributed by atoms with Gasteiger partial charge in [-0.15, -0.1) is 12.4 Å². The van der Waals surface area contributed by atoms with E-state index < -0.39 is 0 Å². The minimum Gasteiger partial charge on any atom is -0.496 e. The highest BCUT2D eigenvalue weighted by atomic mass is 35.5. The molecule has 1 atom stereocenters. The van der Waals surface area contributed by atoms with E-state index in [0.29, 0.717) is 6.54 Å². The highest BCUT2D eigenvalue weighted by Gasteiger charge is 2.10. The Kier molecular flexibility index (Phi) is 7.34. The number of carbonyl (C=O) groups excluding carboxylic acids is 1. The first-order chi connectivity index (χ1) is 7.69. The molecule has 5 heteroatoms. The molecule has 4 nitrogen and oxygen atoms in total. The van der Waals surface area contributed by atoms with Crippen LogP contribution >= 0.6 is 12.4 Å². The van der Waals surface area contributed by atoms with E-state index >= 15 is 0 Å². The summed E-state index contributed by atoms with van der Waals surface area (Å²) in [4.78, 5) is 11.3. The van der Waals surface area contributed by atoms with Crippen molar-refractivity contribution in [2.75, 3.05) is 14.2 Å². The van der Waals surface area contributed by atoms with Crippen molar-refractivity contribution in [2.45, 2.75) is 19.5 Å². The third-order valence-electron chi connectivity index (χ3n) is 2.43. The van der Waals surface area contributed by atoms with Crippen LogP contribution in [0.5, 0.6) is 5.75 Å². The molecule has 17 heavy (non-hydrogen) atoms. The lowest BCUT2D eigenvalue weighted by Gasteiger charge is -2.13. The quantitative estimate of drug-likeness (QED) is 0.838. The number of rotatable bonds is 5. The monoisotopic (exact) mass is 258 g/mol. The van der Waals surface area contributed by atoms with E-state index in [0.717, 1.165) is 11.3 Å². The summed E-state index contributed by atoms with van der Waals surface area (Å²) >= 11 is 0. The van der Waals surface area contributed by atoms with Crippen molar-refractivity contribution in [3.8, 4) is 5.75 Å². The predicted octanol–water partition coefficient (Wildman–Crippen LogP) is 1.34. The van der Waals surface area contributed by atoms with Crippen LogP contribution in [0.2, 0.25) is 0 Å². The number of hydrogen-bond donors (Lipinski definition) is 2. The Bertz CT molecular complexity index is 358. The molecular weight excluding hydrogens is 240 g/mol. The number of ether oxygens (including phenoxy) is 1. The van der Waals surface area contributed by atoms with Crippen LogP contribution in [0.1, 0.15) is 12.5 Å². The molecule has 0 aliphatic carbocycles. The zero-order chi connectivity index (χ0) is 12.0. The minimum absolute atomic E-state index is 0. The van der Waals surface area contributed by atoms with Gasteiger partial charge < -0.3 is 15.4 Å². The first-order valence-electron chi connectivity index (χ1n) is 5.26. The number of hydrogen-bond acceptors (Lipinski definition) is 3. The zero-order valence-corrected chi connectivity index (χ0v) is 11.1. The summed E-state index contributed by atoms with van der Waals surface area (Å²) in [6, 6.07) is 7.54. The van der Waals surface area contributed by atoms with Crippen LogP contribution in [-0.2, 0) is 11.3 Å². The number of methoxy groups -OCH3 is 1. The van der Waals surface area contributed by atoms with Gasteiger partial charge in [0.2, 0.25) is 5.91 Å². The van der Waals surface area contributed by atoms with Crippen molar-refractivity contribution >= 4 is 18.3 Å². The van der Waals surface area contributed by atoms with Crippen LogP contribution in [0.25, 0.3) is 0 Å². The lowest BCUT2D eigenvalue weighted by Crippen LogP contribution is -2.40. The number of amides is 1. The second kappa shape index (κ2) is 7.92. The number of carbonyl (C=O) groups is 1. The van der Waals surface area contributed by atoms with E-state index in [4.69, 9.17) is 4.74 Å². The van der Waals surface area contributed by atoms with E-state index in [1.165, 1.54) is 0 Å². The average molecular weight is 259 g/mol. The van der Waals surface area contributed by atoms with E-state index in [2.05, 4.69) is 10.6 Å². The number of nitrogens with one attached hydrogen (secondary N) is 2. The third-order valence-corrected chi connectivity index (χ3v) is 2.43. The Morgan fingerprint density at radius 3 is 2.65 bits per heavy atom. The molecule has 0 radical (unpaired) electrons. The van der Waals surface area contributed by atoms with Crippen molar-refractivity contribution in [3.05, 3.63) is 29.8 Å². The van der Waals surface area contributed by atoms with Crippen LogP contribution in [0.4, 0.5) is 0 Å². The molecule has 1 aromatic rings. The first-order valence-corrected chi connectivity index (χ1v) is 5.26. The first kappa shape index (κ1) is 15.7. The van der Waals surface area contributed by atoms with Gasteiger partial charge >= 0.3 is 0 Å². The van der Waals surface area contributed by atoms with Crippen molar-refractivity contribution in [3.63, 3.8) is 0 Å². The molecule has 0 spiro atoms. The van der Waals surface area contributed by atoms with E-state index in [1.807, 2.05) is 31.2 Å². The topological polar surface area (TPSA) is 50.4 Å². The van der Waals surface area contributed by atoms with Gasteiger partial charge in [-0.3, -0.25) is 4.79 Å². The van der Waals surface area contributed by atoms with Gasteiger partial charge in [-0.05, 0) is 13.0 Å². The fourth-order valence-electron chi connectivity index (χ4n) is 1.42. The molecule has 1 rings (SSSR count). The Labute approximate surface area is 108 Å². The van der Waals surface area contributed by atoms with Gasteiger partial charge in [0, 0.05) is 19.2 Å². The summed E-state index contributed by atoms with van der Waals surface area (Å²) in [6.45, 7) is 2.44. The predicted molar refractivity (Wildman–Crippen MR) is 70.6 cm³/mol. The lowest BCUT2D eigenvalue weighted by atomic mass is 10.2. The normalized spacial score (nSPS) is 11.2. The van der Waals surface area contributed by atoms with Gasteiger partial charge in [0.25, 0.3) is 0 Å². The molecule has 0 saturated heterocycles. The summed E-state index contributed by atoms with van der Waals surface area (Å²) in [5.41, 5.74) is 1.04. The highest BCUT2D eigenvalue weighted by Crippen LogP contribution is 2.16. The molecule has 0 heterocycles. The third kappa shape index (κ3) is 4.63. The molecule has 0 unspecified atom stereocenters. The largest absolute Gasteiger partial charge is 0.496 e. The van der Waals surface area contributed by atoms with Gasteiger partial charge in [-0.2, -0.15) is 0 Å². The molecule has 0 aromatic heterocycles. The van der Waals surface area contributed by atoms with Gasteiger partial charge in [0.15, 0.2) is 0 Å². The van der Waals surface area contributed by atoms with Gasteiger partial charge in [0.05, 0.1) is 13.2 Å². The summed E-state index contributed by atoms with van der Waals surface area (Å²) < 4.78 is 5.22. The SMILES string of the molecule is CNC(=O)[C@@H](C)NCc1ccccc1OC.Cl. The Balaban J connectivity index is 0.00000256. The lowest BCUT2D eigenvalue weighted by molar-refractivity contribution is -0.122. The van der Waals surface area contributed by atoms with Gasteiger partial charge in [0.1, 0.15) is 5.75 Å². The molecule has 0 aliphatic rings. The zero-order valence-electron chi connectivity index (χ0n) is 10.3. The van der Waals surface area contributed by atoms with Crippen molar-refractivity contribution in [2.24, 2.45) is 0 Å². The number of likely N-dealkylation sites (N-methyl/N-ethyl adjacent to an activating group) is 1. The van der Waals surface area contributed by atoms with E-state index in [-0.39, 0.29) is 24.4 Å². The molecule has 0 bridgehead atoms. The fraction of sp³-hybridized carbons (Fsp3) is 0.417. The number of halogens is 1. The molecule has 1 aromatic carbocycles. The average Bonchev–Trinajstić information content (AvgIpc) is 2.35. The van der Waals surface area contributed by atoms with Crippen molar-refractivity contribution in [1.29, 1.82) is 0 Å². The Morgan fingerprint density at radius 1 is 1.41 bits per heavy atom. The maximum absolute atomic E-state index is 11.3. The standard InChI is InChI=1S/C12H18N2O2.ClH/c1-9(12(15)13-2)14-8-10-6-4-5-7-11(10)16-3;/h4-7,9,14H,8H2,1-3H3,(H,13,15);1H/t9-;/m1./s1. The second-order valence-corrected chi connectivity index (χ2v) is 3.53. The van der Waals surface area contributed by atoms with Crippen LogP contribution < -0.4 is 15.4 Å². The fourth-order valence-corrected chi connectivity index (χ4v) is 1.42. The number of benzene rings is 1. The molecule has 0 aliphatic heterocycles. The smallest absolute Gasteiger partial charge is 0.236 e. The maximum atomic E-state index is 11.3. The Morgan fingerprint density at radius 2 is 2.06 bits per heavy atom. The summed E-state index contributed by atoms with van der Waals surface area (Å²) in [5, 5.41) is 5.73. The van der Waals surface area contributed by atoms with Crippen molar-refractivity contribution in [1.82, 2.24) is 10.6 Å². The second-order valence-electron chi connectivity index (χ2n) is 3.53. The van der Waals surface area contributed by atoms with Crippen LogP contribution in [0.3, 0.4) is 0 Å².